The maximum Gasteiger partial charge on any atom is 0.290 e. The first-order valence-corrected chi connectivity index (χ1v) is 8.42. The van der Waals surface area contributed by atoms with Gasteiger partial charge in [0, 0.05) is 49.3 Å². The van der Waals surface area contributed by atoms with Crippen molar-refractivity contribution in [1.82, 2.24) is 9.88 Å². The van der Waals surface area contributed by atoms with Crippen molar-refractivity contribution in [3.63, 3.8) is 0 Å². The second kappa shape index (κ2) is 7.11. The number of H-pyrrole nitrogens is 1. The first-order chi connectivity index (χ1) is 12.1. The molecule has 132 valence electrons. The molecule has 2 N–H and O–H groups in total. The Hall–Kier alpha value is -2.60. The van der Waals surface area contributed by atoms with Crippen LogP contribution in [0.1, 0.15) is 31.4 Å². The highest BCUT2D eigenvalue weighted by molar-refractivity contribution is 6.09. The number of ether oxygens (including phenoxy) is 1. The molecule has 0 aliphatic carbocycles. The van der Waals surface area contributed by atoms with Gasteiger partial charge in [-0.25, -0.2) is 0 Å². The number of aliphatic hydroxyl groups is 1. The van der Waals surface area contributed by atoms with Gasteiger partial charge in [0.05, 0.1) is 11.6 Å². The summed E-state index contributed by atoms with van der Waals surface area (Å²) in [6, 6.07) is 7.15. The average molecular weight is 342 g/mol. The number of rotatable bonds is 7. The van der Waals surface area contributed by atoms with E-state index in [1.165, 1.54) is 0 Å². The zero-order valence-corrected chi connectivity index (χ0v) is 14.4. The number of benzene rings is 1. The molecule has 1 aliphatic rings. The molecular weight excluding hydrogens is 320 g/mol. The number of hydrogen-bond acceptors (Lipinski definition) is 4. The Balaban J connectivity index is 2.08. The van der Waals surface area contributed by atoms with E-state index < -0.39 is 17.7 Å². The minimum absolute atomic E-state index is 0.190. The molecule has 0 saturated heterocycles. The SMILES string of the molecule is CCC(=O)C1=C(O)C(=O)N(CCCOC)C1c1c[nH]c2ccccc12. The summed E-state index contributed by atoms with van der Waals surface area (Å²) in [7, 11) is 1.60. The van der Waals surface area contributed by atoms with Crippen LogP contribution in [0.15, 0.2) is 41.8 Å². The summed E-state index contributed by atoms with van der Waals surface area (Å²) in [4.78, 5) is 29.8. The van der Waals surface area contributed by atoms with Crippen LogP contribution in [0.2, 0.25) is 0 Å². The normalized spacial score (nSPS) is 17.8. The molecule has 1 atom stereocenters. The van der Waals surface area contributed by atoms with Gasteiger partial charge in [-0.1, -0.05) is 25.1 Å². The Labute approximate surface area is 146 Å². The first kappa shape index (κ1) is 17.2. The fraction of sp³-hybridized carbons (Fsp3) is 0.368. The van der Waals surface area contributed by atoms with Gasteiger partial charge in [0.2, 0.25) is 0 Å². The van der Waals surface area contributed by atoms with Crippen LogP contribution >= 0.6 is 0 Å². The highest BCUT2D eigenvalue weighted by atomic mass is 16.5. The molecule has 25 heavy (non-hydrogen) atoms. The lowest BCUT2D eigenvalue weighted by Crippen LogP contribution is -2.32. The quantitative estimate of drug-likeness (QED) is 0.758. The van der Waals surface area contributed by atoms with Crippen molar-refractivity contribution in [2.75, 3.05) is 20.3 Å². The number of methoxy groups -OCH3 is 1. The molecule has 1 unspecified atom stereocenters. The second-order valence-electron chi connectivity index (χ2n) is 6.08. The lowest BCUT2D eigenvalue weighted by molar-refractivity contribution is -0.129. The number of carbonyl (C=O) groups is 2. The van der Waals surface area contributed by atoms with Crippen molar-refractivity contribution in [2.24, 2.45) is 0 Å². The van der Waals surface area contributed by atoms with Crippen LogP contribution in [-0.2, 0) is 14.3 Å². The lowest BCUT2D eigenvalue weighted by Gasteiger charge is -2.26. The molecular formula is C19H22N2O4. The highest BCUT2D eigenvalue weighted by Crippen LogP contribution is 2.40. The molecule has 1 amide bonds. The fourth-order valence-corrected chi connectivity index (χ4v) is 3.38. The van der Waals surface area contributed by atoms with Gasteiger partial charge >= 0.3 is 0 Å². The predicted octanol–water partition coefficient (Wildman–Crippen LogP) is 2.88. The monoisotopic (exact) mass is 342 g/mol. The van der Waals surface area contributed by atoms with E-state index in [4.69, 9.17) is 4.74 Å². The number of hydrogen-bond donors (Lipinski definition) is 2. The lowest BCUT2D eigenvalue weighted by atomic mass is 9.94. The van der Waals surface area contributed by atoms with Crippen molar-refractivity contribution >= 4 is 22.6 Å². The average Bonchev–Trinajstić information content (AvgIpc) is 3.15. The van der Waals surface area contributed by atoms with E-state index in [-0.39, 0.29) is 17.8 Å². The molecule has 3 rings (SSSR count). The molecule has 0 bridgehead atoms. The van der Waals surface area contributed by atoms with Crippen molar-refractivity contribution in [3.05, 3.63) is 47.4 Å². The van der Waals surface area contributed by atoms with Crippen molar-refractivity contribution in [2.45, 2.75) is 25.8 Å². The van der Waals surface area contributed by atoms with Crippen LogP contribution in [0.4, 0.5) is 0 Å². The summed E-state index contributed by atoms with van der Waals surface area (Å²) in [5, 5.41) is 11.3. The molecule has 0 fully saturated rings. The zero-order valence-electron chi connectivity index (χ0n) is 14.4. The van der Waals surface area contributed by atoms with Crippen LogP contribution in [0.3, 0.4) is 0 Å². The van der Waals surface area contributed by atoms with Crippen molar-refractivity contribution in [1.29, 1.82) is 0 Å². The topological polar surface area (TPSA) is 82.6 Å². The number of carbonyl (C=O) groups excluding carboxylic acids is 2. The number of nitrogens with one attached hydrogen (secondary N) is 1. The number of Topliss-reactive ketones (excluding diaryl/α,β-unsaturated/α-hetero) is 1. The van der Waals surface area contributed by atoms with Crippen molar-refractivity contribution in [3.8, 4) is 0 Å². The van der Waals surface area contributed by atoms with E-state index in [1.807, 2.05) is 30.5 Å². The predicted molar refractivity (Wildman–Crippen MR) is 94.2 cm³/mol. The third-order valence-electron chi connectivity index (χ3n) is 4.59. The fourth-order valence-electron chi connectivity index (χ4n) is 3.38. The first-order valence-electron chi connectivity index (χ1n) is 8.42. The van der Waals surface area contributed by atoms with Gasteiger partial charge in [-0.15, -0.1) is 0 Å². The molecule has 0 radical (unpaired) electrons. The van der Waals surface area contributed by atoms with Gasteiger partial charge in [0.1, 0.15) is 0 Å². The summed E-state index contributed by atoms with van der Waals surface area (Å²) in [6.45, 7) is 2.64. The van der Waals surface area contributed by atoms with Crippen LogP contribution in [0, 0.1) is 0 Å². The molecule has 1 aromatic heterocycles. The maximum absolute atomic E-state index is 12.6. The number of amides is 1. The van der Waals surface area contributed by atoms with Gasteiger partial charge in [-0.3, -0.25) is 9.59 Å². The second-order valence-corrected chi connectivity index (χ2v) is 6.08. The summed E-state index contributed by atoms with van der Waals surface area (Å²) in [5.74, 6) is -1.14. The van der Waals surface area contributed by atoms with Gasteiger partial charge in [0.15, 0.2) is 11.5 Å². The third kappa shape index (κ3) is 2.93. The van der Waals surface area contributed by atoms with Crippen LogP contribution in [0.25, 0.3) is 10.9 Å². The van der Waals surface area contributed by atoms with Crippen LogP contribution < -0.4 is 0 Å². The van der Waals surface area contributed by atoms with E-state index in [9.17, 15) is 14.7 Å². The maximum atomic E-state index is 12.6. The zero-order chi connectivity index (χ0) is 18.0. The number of aromatic nitrogens is 1. The van der Waals surface area contributed by atoms with Crippen molar-refractivity contribution < 1.29 is 19.4 Å². The minimum Gasteiger partial charge on any atom is -0.503 e. The molecule has 2 aromatic rings. The number of ketones is 1. The Bertz CT molecular complexity index is 837. The van der Waals surface area contributed by atoms with E-state index in [1.54, 1.807) is 18.9 Å². The van der Waals surface area contributed by atoms with E-state index in [2.05, 4.69) is 4.98 Å². The van der Waals surface area contributed by atoms with E-state index >= 15 is 0 Å². The van der Waals surface area contributed by atoms with Gasteiger partial charge < -0.3 is 19.7 Å². The smallest absolute Gasteiger partial charge is 0.290 e. The standard InChI is InChI=1S/C19H22N2O4/c1-3-15(22)16-17(13-11-20-14-8-5-4-7-12(13)14)21(9-6-10-25-2)19(24)18(16)23/h4-5,7-8,11,17,20,23H,3,6,9-10H2,1-2H3. The van der Waals surface area contributed by atoms with Gasteiger partial charge in [0.25, 0.3) is 5.91 Å². The minimum atomic E-state index is -0.576. The Morgan fingerprint density at radius 1 is 1.36 bits per heavy atom. The molecule has 1 aromatic carbocycles. The largest absolute Gasteiger partial charge is 0.503 e. The van der Waals surface area contributed by atoms with Crippen LogP contribution in [0.5, 0.6) is 0 Å². The molecule has 2 heterocycles. The Morgan fingerprint density at radius 2 is 2.12 bits per heavy atom. The molecule has 6 nitrogen and oxygen atoms in total. The Morgan fingerprint density at radius 3 is 2.84 bits per heavy atom. The van der Waals surface area contributed by atoms with Crippen LogP contribution in [-0.4, -0.2) is 46.9 Å². The number of aromatic amines is 1. The molecule has 0 spiro atoms. The molecule has 1 aliphatic heterocycles. The third-order valence-corrected chi connectivity index (χ3v) is 4.59. The number of para-hydroxylation sites is 1. The Kier molecular flexibility index (Phi) is 4.90. The highest BCUT2D eigenvalue weighted by Gasteiger charge is 2.43. The molecule has 0 saturated carbocycles. The number of fused-ring (bicyclic) bond motifs is 1. The molecule has 6 heteroatoms. The summed E-state index contributed by atoms with van der Waals surface area (Å²) < 4.78 is 5.07. The van der Waals surface area contributed by atoms with Gasteiger partial charge in [-0.05, 0) is 12.5 Å². The summed E-state index contributed by atoms with van der Waals surface area (Å²) in [5.41, 5.74) is 1.94. The van der Waals surface area contributed by atoms with Gasteiger partial charge in [-0.2, -0.15) is 0 Å². The summed E-state index contributed by atoms with van der Waals surface area (Å²) in [6.07, 6.45) is 2.67. The van der Waals surface area contributed by atoms with E-state index in [0.29, 0.717) is 19.6 Å². The number of aliphatic hydroxyl groups excluding tert-OH is 1. The van der Waals surface area contributed by atoms with E-state index in [0.717, 1.165) is 16.5 Å². The number of nitrogens with zero attached hydrogens (tertiary/aromatic N) is 1. The summed E-state index contributed by atoms with van der Waals surface area (Å²) >= 11 is 0.